The molecule has 158 valence electrons. The first-order valence-corrected chi connectivity index (χ1v) is 10.3. The van der Waals surface area contributed by atoms with Crippen LogP contribution in [0, 0.1) is 0 Å². The first kappa shape index (κ1) is 20.8. The Labute approximate surface area is 185 Å². The number of carbonyl (C=O) groups excluding carboxylic acids is 2. The molecule has 0 unspecified atom stereocenters. The van der Waals surface area contributed by atoms with E-state index < -0.39 is 0 Å². The van der Waals surface area contributed by atoms with Gasteiger partial charge in [0.05, 0.1) is 7.11 Å². The molecule has 4 rings (SSSR count). The van der Waals surface area contributed by atoms with Crippen LogP contribution >= 0.6 is 11.6 Å². The third-order valence-corrected chi connectivity index (χ3v) is 5.43. The third kappa shape index (κ3) is 4.81. The summed E-state index contributed by atoms with van der Waals surface area (Å²) < 4.78 is 5.16. The van der Waals surface area contributed by atoms with Gasteiger partial charge in [0, 0.05) is 35.1 Å². The minimum Gasteiger partial charge on any atom is -0.497 e. The molecular formula is C24H22ClN3O3. The SMILES string of the molecule is COc1ccc(C(=O)N2CCc3ccc(CNC(=O)Nc4ccc(Cl)cc4)cc32)cc1. The van der Waals surface area contributed by atoms with Crippen LogP contribution in [0.4, 0.5) is 16.2 Å². The number of halogens is 1. The summed E-state index contributed by atoms with van der Waals surface area (Å²) in [7, 11) is 1.60. The van der Waals surface area contributed by atoms with Crippen LogP contribution in [0.3, 0.4) is 0 Å². The van der Waals surface area contributed by atoms with Gasteiger partial charge in [-0.3, -0.25) is 4.79 Å². The minimum absolute atomic E-state index is 0.0491. The van der Waals surface area contributed by atoms with E-state index in [9.17, 15) is 9.59 Å². The van der Waals surface area contributed by atoms with Gasteiger partial charge in [-0.05, 0) is 72.1 Å². The van der Waals surface area contributed by atoms with Crippen LogP contribution in [0.15, 0.2) is 66.7 Å². The number of methoxy groups -OCH3 is 1. The highest BCUT2D eigenvalue weighted by molar-refractivity contribution is 6.30. The summed E-state index contributed by atoms with van der Waals surface area (Å²) in [5, 5.41) is 6.22. The molecular weight excluding hydrogens is 414 g/mol. The standard InChI is InChI=1S/C24H22ClN3O3/c1-31-21-10-4-18(5-11-21)23(29)28-13-12-17-3-2-16(14-22(17)28)15-26-24(30)27-20-8-6-19(25)7-9-20/h2-11,14H,12-13,15H2,1H3,(H2,26,27,30). The fraction of sp³-hybridized carbons (Fsp3) is 0.167. The number of urea groups is 1. The molecule has 0 atom stereocenters. The normalized spacial score (nSPS) is 12.3. The van der Waals surface area contributed by atoms with E-state index in [0.29, 0.717) is 35.1 Å². The van der Waals surface area contributed by atoms with Gasteiger partial charge >= 0.3 is 6.03 Å². The Balaban J connectivity index is 1.42. The van der Waals surface area contributed by atoms with Crippen molar-refractivity contribution in [2.45, 2.75) is 13.0 Å². The monoisotopic (exact) mass is 435 g/mol. The molecule has 0 aromatic heterocycles. The molecule has 3 amide bonds. The summed E-state index contributed by atoms with van der Waals surface area (Å²) in [6, 6.07) is 19.7. The summed E-state index contributed by atoms with van der Waals surface area (Å²) >= 11 is 5.86. The summed E-state index contributed by atoms with van der Waals surface area (Å²) in [5.74, 6) is 0.663. The highest BCUT2D eigenvalue weighted by Crippen LogP contribution is 2.30. The first-order chi connectivity index (χ1) is 15.0. The zero-order valence-electron chi connectivity index (χ0n) is 17.0. The number of amides is 3. The van der Waals surface area contributed by atoms with Crippen LogP contribution in [0.1, 0.15) is 21.5 Å². The summed E-state index contributed by atoms with van der Waals surface area (Å²) in [4.78, 5) is 27.0. The number of hydrogen-bond donors (Lipinski definition) is 2. The van der Waals surface area contributed by atoms with Crippen molar-refractivity contribution >= 4 is 34.9 Å². The number of ether oxygens (including phenoxy) is 1. The van der Waals surface area contributed by atoms with Gasteiger partial charge in [0.15, 0.2) is 0 Å². The van der Waals surface area contributed by atoms with E-state index in [4.69, 9.17) is 16.3 Å². The molecule has 0 spiro atoms. The lowest BCUT2D eigenvalue weighted by Gasteiger charge is -2.18. The molecule has 7 heteroatoms. The van der Waals surface area contributed by atoms with E-state index >= 15 is 0 Å². The van der Waals surface area contributed by atoms with Gasteiger partial charge in [-0.2, -0.15) is 0 Å². The van der Waals surface area contributed by atoms with Gasteiger partial charge in [0.1, 0.15) is 5.75 Å². The molecule has 0 saturated heterocycles. The molecule has 31 heavy (non-hydrogen) atoms. The summed E-state index contributed by atoms with van der Waals surface area (Å²) in [6.45, 7) is 0.978. The van der Waals surface area contributed by atoms with Crippen molar-refractivity contribution in [3.8, 4) is 5.75 Å². The summed E-state index contributed by atoms with van der Waals surface area (Å²) in [5.41, 5.74) is 4.19. The number of carbonyl (C=O) groups is 2. The average Bonchev–Trinajstić information content (AvgIpc) is 3.22. The van der Waals surface area contributed by atoms with Gasteiger partial charge in [-0.1, -0.05) is 23.7 Å². The Bertz CT molecular complexity index is 1100. The number of fused-ring (bicyclic) bond motifs is 1. The Morgan fingerprint density at radius 1 is 1.03 bits per heavy atom. The number of nitrogens with zero attached hydrogens (tertiary/aromatic N) is 1. The molecule has 0 aliphatic carbocycles. The molecule has 0 radical (unpaired) electrons. The zero-order chi connectivity index (χ0) is 21.8. The fourth-order valence-electron chi connectivity index (χ4n) is 3.53. The molecule has 1 heterocycles. The van der Waals surface area contributed by atoms with Crippen molar-refractivity contribution in [2.75, 3.05) is 23.9 Å². The highest BCUT2D eigenvalue weighted by Gasteiger charge is 2.25. The molecule has 2 N–H and O–H groups in total. The maximum atomic E-state index is 13.0. The Hall–Kier alpha value is -3.51. The first-order valence-electron chi connectivity index (χ1n) is 9.91. The van der Waals surface area contributed by atoms with Crippen LogP contribution in [0.5, 0.6) is 5.75 Å². The van der Waals surface area contributed by atoms with E-state index in [0.717, 1.165) is 23.2 Å². The third-order valence-electron chi connectivity index (χ3n) is 5.18. The molecule has 0 bridgehead atoms. The Kier molecular flexibility index (Phi) is 6.09. The zero-order valence-corrected chi connectivity index (χ0v) is 17.8. The van der Waals surface area contributed by atoms with Gasteiger partial charge in [0.25, 0.3) is 5.91 Å². The topological polar surface area (TPSA) is 70.7 Å². The maximum Gasteiger partial charge on any atom is 0.319 e. The van der Waals surface area contributed by atoms with Crippen molar-refractivity contribution in [3.05, 3.63) is 88.4 Å². The molecule has 0 saturated carbocycles. The van der Waals surface area contributed by atoms with E-state index in [1.807, 2.05) is 18.2 Å². The molecule has 3 aromatic rings. The van der Waals surface area contributed by atoms with Crippen molar-refractivity contribution < 1.29 is 14.3 Å². The lowest BCUT2D eigenvalue weighted by Crippen LogP contribution is -2.29. The molecule has 6 nitrogen and oxygen atoms in total. The quantitative estimate of drug-likeness (QED) is 0.600. The van der Waals surface area contributed by atoms with Crippen molar-refractivity contribution in [2.24, 2.45) is 0 Å². The number of nitrogens with one attached hydrogen (secondary N) is 2. The predicted octanol–water partition coefficient (Wildman–Crippen LogP) is 4.87. The second-order valence-electron chi connectivity index (χ2n) is 7.21. The molecule has 1 aliphatic heterocycles. The second-order valence-corrected chi connectivity index (χ2v) is 7.65. The number of benzene rings is 3. The molecule has 0 fully saturated rings. The van der Waals surface area contributed by atoms with E-state index in [1.54, 1.807) is 60.5 Å². The number of hydrogen-bond acceptors (Lipinski definition) is 3. The van der Waals surface area contributed by atoms with Gasteiger partial charge in [-0.25, -0.2) is 4.79 Å². The fourth-order valence-corrected chi connectivity index (χ4v) is 3.65. The Morgan fingerprint density at radius 3 is 2.48 bits per heavy atom. The highest BCUT2D eigenvalue weighted by atomic mass is 35.5. The average molecular weight is 436 g/mol. The minimum atomic E-state index is -0.311. The smallest absolute Gasteiger partial charge is 0.319 e. The van der Waals surface area contributed by atoms with Crippen molar-refractivity contribution in [3.63, 3.8) is 0 Å². The van der Waals surface area contributed by atoms with E-state index in [2.05, 4.69) is 10.6 Å². The Morgan fingerprint density at radius 2 is 1.77 bits per heavy atom. The van der Waals surface area contributed by atoms with Gasteiger partial charge in [-0.15, -0.1) is 0 Å². The second kappa shape index (κ2) is 9.10. The van der Waals surface area contributed by atoms with Crippen LogP contribution < -0.4 is 20.3 Å². The van der Waals surface area contributed by atoms with Crippen LogP contribution in [0.25, 0.3) is 0 Å². The van der Waals surface area contributed by atoms with Crippen LogP contribution in [-0.2, 0) is 13.0 Å². The number of anilines is 2. The van der Waals surface area contributed by atoms with Crippen molar-refractivity contribution in [1.29, 1.82) is 0 Å². The number of rotatable bonds is 5. The largest absolute Gasteiger partial charge is 0.497 e. The van der Waals surface area contributed by atoms with Crippen LogP contribution in [-0.4, -0.2) is 25.6 Å². The lowest BCUT2D eigenvalue weighted by atomic mass is 10.1. The van der Waals surface area contributed by atoms with Gasteiger partial charge in [0.2, 0.25) is 0 Å². The summed E-state index contributed by atoms with van der Waals surface area (Å²) in [6.07, 6.45) is 0.808. The van der Waals surface area contributed by atoms with E-state index in [-0.39, 0.29) is 11.9 Å². The van der Waals surface area contributed by atoms with Crippen molar-refractivity contribution in [1.82, 2.24) is 5.32 Å². The van der Waals surface area contributed by atoms with E-state index in [1.165, 1.54) is 0 Å². The lowest BCUT2D eigenvalue weighted by molar-refractivity contribution is 0.0989. The van der Waals surface area contributed by atoms with Gasteiger partial charge < -0.3 is 20.3 Å². The molecule has 1 aliphatic rings. The maximum absolute atomic E-state index is 13.0. The molecule has 3 aromatic carbocycles. The van der Waals surface area contributed by atoms with Crippen LogP contribution in [0.2, 0.25) is 5.02 Å². The predicted molar refractivity (Wildman–Crippen MR) is 122 cm³/mol.